The number of carboxylic acid groups (broad SMARTS) is 1. The van der Waals surface area contributed by atoms with Crippen LogP contribution in [0.5, 0.6) is 0 Å². The first-order chi connectivity index (χ1) is 9.61. The standard InChI is InChI=1S/C14H12N2O4/c1-2-7-20-14(19)16-11-8-12(13(17)18)15-10-6-4-3-5-9(10)11/h2-6,8H,1,7H2,(H,17,18)(H,15,16,19). The molecule has 0 bridgehead atoms. The Hall–Kier alpha value is -2.89. The Morgan fingerprint density at radius 1 is 1.40 bits per heavy atom. The van der Waals surface area contributed by atoms with E-state index in [0.29, 0.717) is 16.6 Å². The summed E-state index contributed by atoms with van der Waals surface area (Å²) in [6.07, 6.45) is 0.755. The molecule has 20 heavy (non-hydrogen) atoms. The predicted octanol–water partition coefficient (Wildman–Crippen LogP) is 2.67. The van der Waals surface area contributed by atoms with Crippen molar-refractivity contribution in [2.75, 3.05) is 11.9 Å². The number of hydrogen-bond acceptors (Lipinski definition) is 4. The molecular weight excluding hydrogens is 260 g/mol. The summed E-state index contributed by atoms with van der Waals surface area (Å²) in [4.78, 5) is 26.6. The Morgan fingerprint density at radius 3 is 2.85 bits per heavy atom. The van der Waals surface area contributed by atoms with Gasteiger partial charge in [-0.3, -0.25) is 5.32 Å². The van der Waals surface area contributed by atoms with Crippen molar-refractivity contribution in [1.29, 1.82) is 0 Å². The molecule has 0 saturated carbocycles. The number of hydrogen-bond donors (Lipinski definition) is 2. The van der Waals surface area contributed by atoms with E-state index in [-0.39, 0.29) is 12.3 Å². The molecule has 2 aromatic rings. The number of nitrogens with zero attached hydrogens (tertiary/aromatic N) is 1. The maximum atomic E-state index is 11.5. The fourth-order valence-electron chi connectivity index (χ4n) is 1.67. The van der Waals surface area contributed by atoms with E-state index in [4.69, 9.17) is 9.84 Å². The predicted molar refractivity (Wildman–Crippen MR) is 73.9 cm³/mol. The summed E-state index contributed by atoms with van der Waals surface area (Å²) in [6, 6.07) is 8.20. The maximum Gasteiger partial charge on any atom is 0.411 e. The highest BCUT2D eigenvalue weighted by Gasteiger charge is 2.12. The number of benzene rings is 1. The van der Waals surface area contributed by atoms with Crippen LogP contribution in [0.3, 0.4) is 0 Å². The van der Waals surface area contributed by atoms with Crippen molar-refractivity contribution in [2.24, 2.45) is 0 Å². The van der Waals surface area contributed by atoms with Gasteiger partial charge in [-0.2, -0.15) is 0 Å². The molecule has 1 amide bonds. The Bertz CT molecular complexity index is 682. The lowest BCUT2D eigenvalue weighted by atomic mass is 10.1. The number of amides is 1. The summed E-state index contributed by atoms with van der Waals surface area (Å²) in [7, 11) is 0. The third-order valence-electron chi connectivity index (χ3n) is 2.50. The molecule has 1 aromatic carbocycles. The van der Waals surface area contributed by atoms with E-state index in [2.05, 4.69) is 16.9 Å². The average Bonchev–Trinajstić information content (AvgIpc) is 2.44. The van der Waals surface area contributed by atoms with Crippen LogP contribution >= 0.6 is 0 Å². The molecule has 2 N–H and O–H groups in total. The Balaban J connectivity index is 2.41. The first kappa shape index (κ1) is 13.5. The number of carbonyl (C=O) groups is 2. The monoisotopic (exact) mass is 272 g/mol. The third-order valence-corrected chi connectivity index (χ3v) is 2.50. The van der Waals surface area contributed by atoms with Gasteiger partial charge in [0, 0.05) is 5.39 Å². The summed E-state index contributed by atoms with van der Waals surface area (Å²) < 4.78 is 4.81. The number of ether oxygens (including phenoxy) is 1. The van der Waals surface area contributed by atoms with Gasteiger partial charge in [0.25, 0.3) is 0 Å². The molecule has 1 aromatic heterocycles. The van der Waals surface area contributed by atoms with E-state index >= 15 is 0 Å². The minimum atomic E-state index is -1.17. The van der Waals surface area contributed by atoms with Gasteiger partial charge in [0.1, 0.15) is 6.61 Å². The number of carbonyl (C=O) groups excluding carboxylic acids is 1. The zero-order valence-electron chi connectivity index (χ0n) is 10.5. The Morgan fingerprint density at radius 2 is 2.15 bits per heavy atom. The molecule has 0 atom stereocenters. The van der Waals surface area contributed by atoms with Crippen molar-refractivity contribution in [3.8, 4) is 0 Å². The number of aromatic nitrogens is 1. The second kappa shape index (κ2) is 5.83. The van der Waals surface area contributed by atoms with Crippen molar-refractivity contribution < 1.29 is 19.4 Å². The highest BCUT2D eigenvalue weighted by atomic mass is 16.5. The molecule has 0 radical (unpaired) electrons. The van der Waals surface area contributed by atoms with Gasteiger partial charge in [-0.15, -0.1) is 0 Å². The van der Waals surface area contributed by atoms with Crippen LogP contribution in [-0.4, -0.2) is 28.8 Å². The van der Waals surface area contributed by atoms with Gasteiger partial charge >= 0.3 is 12.1 Å². The summed E-state index contributed by atoms with van der Waals surface area (Å²) >= 11 is 0. The number of nitrogens with one attached hydrogen (secondary N) is 1. The fourth-order valence-corrected chi connectivity index (χ4v) is 1.67. The molecule has 6 heteroatoms. The van der Waals surface area contributed by atoms with Gasteiger partial charge in [-0.05, 0) is 12.1 Å². The van der Waals surface area contributed by atoms with Crippen LogP contribution in [0.2, 0.25) is 0 Å². The topological polar surface area (TPSA) is 88.5 Å². The second-order valence-electron chi connectivity index (χ2n) is 3.89. The van der Waals surface area contributed by atoms with Gasteiger partial charge in [0.15, 0.2) is 5.69 Å². The SMILES string of the molecule is C=CCOC(=O)Nc1cc(C(=O)O)nc2ccccc12. The van der Waals surface area contributed by atoms with Crippen molar-refractivity contribution >= 4 is 28.7 Å². The third kappa shape index (κ3) is 2.92. The average molecular weight is 272 g/mol. The van der Waals surface area contributed by atoms with E-state index in [1.807, 2.05) is 0 Å². The molecule has 1 heterocycles. The summed E-state index contributed by atoms with van der Waals surface area (Å²) in [5, 5.41) is 12.2. The van der Waals surface area contributed by atoms with Crippen LogP contribution in [0.4, 0.5) is 10.5 Å². The van der Waals surface area contributed by atoms with Crippen molar-refractivity contribution in [1.82, 2.24) is 4.98 Å². The maximum absolute atomic E-state index is 11.5. The molecule has 0 spiro atoms. The van der Waals surface area contributed by atoms with E-state index in [9.17, 15) is 9.59 Å². The summed E-state index contributed by atoms with van der Waals surface area (Å²) in [5.74, 6) is -1.17. The van der Waals surface area contributed by atoms with Crippen LogP contribution in [0.25, 0.3) is 10.9 Å². The number of pyridine rings is 1. The smallest absolute Gasteiger partial charge is 0.411 e. The van der Waals surface area contributed by atoms with E-state index < -0.39 is 12.1 Å². The summed E-state index contributed by atoms with van der Waals surface area (Å²) in [5.41, 5.74) is 0.663. The molecule has 0 aliphatic heterocycles. The number of rotatable bonds is 4. The number of para-hydroxylation sites is 1. The molecule has 0 aliphatic carbocycles. The molecule has 6 nitrogen and oxygen atoms in total. The lowest BCUT2D eigenvalue weighted by molar-refractivity contribution is 0.0691. The first-order valence-corrected chi connectivity index (χ1v) is 5.79. The number of aromatic carboxylic acids is 1. The molecule has 0 fully saturated rings. The van der Waals surface area contributed by atoms with Gasteiger partial charge in [-0.25, -0.2) is 14.6 Å². The lowest BCUT2D eigenvalue weighted by Crippen LogP contribution is -2.15. The highest BCUT2D eigenvalue weighted by molar-refractivity contribution is 6.01. The molecule has 2 rings (SSSR count). The Labute approximate surface area is 114 Å². The molecular formula is C14H12N2O4. The number of carboxylic acids is 1. The van der Waals surface area contributed by atoms with Gasteiger partial charge in [0.2, 0.25) is 0 Å². The van der Waals surface area contributed by atoms with Crippen LogP contribution in [0.1, 0.15) is 10.5 Å². The number of fused-ring (bicyclic) bond motifs is 1. The van der Waals surface area contributed by atoms with Gasteiger partial charge in [0.05, 0.1) is 11.2 Å². The molecule has 102 valence electrons. The largest absolute Gasteiger partial charge is 0.477 e. The normalized spacial score (nSPS) is 10.0. The minimum absolute atomic E-state index is 0.0701. The Kier molecular flexibility index (Phi) is 3.95. The van der Waals surface area contributed by atoms with Crippen LogP contribution < -0.4 is 5.32 Å². The van der Waals surface area contributed by atoms with Crippen LogP contribution in [0, 0.1) is 0 Å². The van der Waals surface area contributed by atoms with E-state index in [1.165, 1.54) is 12.1 Å². The van der Waals surface area contributed by atoms with Crippen LogP contribution in [0.15, 0.2) is 43.0 Å². The molecule has 0 aliphatic rings. The van der Waals surface area contributed by atoms with Crippen molar-refractivity contribution in [3.63, 3.8) is 0 Å². The lowest BCUT2D eigenvalue weighted by Gasteiger charge is -2.09. The zero-order chi connectivity index (χ0) is 14.5. The minimum Gasteiger partial charge on any atom is -0.477 e. The van der Waals surface area contributed by atoms with Crippen molar-refractivity contribution in [3.05, 3.63) is 48.7 Å². The quantitative estimate of drug-likeness (QED) is 0.835. The second-order valence-corrected chi connectivity index (χ2v) is 3.89. The van der Waals surface area contributed by atoms with Gasteiger partial charge < -0.3 is 9.84 Å². The highest BCUT2D eigenvalue weighted by Crippen LogP contribution is 2.23. The molecule has 0 unspecified atom stereocenters. The zero-order valence-corrected chi connectivity index (χ0v) is 10.5. The van der Waals surface area contributed by atoms with Crippen LogP contribution in [-0.2, 0) is 4.74 Å². The summed E-state index contributed by atoms with van der Waals surface area (Å²) in [6.45, 7) is 3.50. The number of anilines is 1. The van der Waals surface area contributed by atoms with E-state index in [0.717, 1.165) is 0 Å². The first-order valence-electron chi connectivity index (χ1n) is 5.79. The molecule has 0 saturated heterocycles. The fraction of sp³-hybridized carbons (Fsp3) is 0.0714. The van der Waals surface area contributed by atoms with E-state index in [1.54, 1.807) is 24.3 Å². The van der Waals surface area contributed by atoms with Crippen molar-refractivity contribution in [2.45, 2.75) is 0 Å². The van der Waals surface area contributed by atoms with Gasteiger partial charge in [-0.1, -0.05) is 30.9 Å².